The maximum Gasteiger partial charge on any atom is 0.408 e. The van der Waals surface area contributed by atoms with Crippen molar-refractivity contribution in [3.63, 3.8) is 0 Å². The van der Waals surface area contributed by atoms with Crippen LogP contribution < -0.4 is 10.6 Å². The van der Waals surface area contributed by atoms with Crippen LogP contribution in [0.2, 0.25) is 0 Å². The predicted octanol–water partition coefficient (Wildman–Crippen LogP) is 4.81. The average molecular weight is 566 g/mol. The normalized spacial score (nSPS) is 12.6. The summed E-state index contributed by atoms with van der Waals surface area (Å²) >= 11 is 0. The third-order valence-corrected chi connectivity index (χ3v) is 6.00. The Morgan fingerprint density at radius 3 is 2.29 bits per heavy atom. The van der Waals surface area contributed by atoms with E-state index in [1.807, 2.05) is 36.4 Å². The minimum absolute atomic E-state index is 0.00848. The summed E-state index contributed by atoms with van der Waals surface area (Å²) < 4.78 is 10.4. The van der Waals surface area contributed by atoms with E-state index in [1.54, 1.807) is 65.8 Å². The zero-order chi connectivity index (χ0) is 30.6. The van der Waals surface area contributed by atoms with Crippen LogP contribution in [-0.2, 0) is 30.3 Å². The lowest BCUT2D eigenvalue weighted by atomic mass is 9.97. The largest absolute Gasteiger partial charge is 0.466 e. The van der Waals surface area contributed by atoms with Crippen molar-refractivity contribution in [2.75, 3.05) is 13.2 Å². The molecule has 2 atom stereocenters. The second-order valence-corrected chi connectivity index (χ2v) is 10.9. The zero-order valence-corrected chi connectivity index (χ0v) is 24.9. The van der Waals surface area contributed by atoms with Gasteiger partial charge in [-0.05, 0) is 64.3 Å². The van der Waals surface area contributed by atoms with Gasteiger partial charge < -0.3 is 25.0 Å². The van der Waals surface area contributed by atoms with Gasteiger partial charge in [-0.3, -0.25) is 14.4 Å². The highest BCUT2D eigenvalue weighted by molar-refractivity contribution is 5.92. The molecule has 2 aromatic carbocycles. The summed E-state index contributed by atoms with van der Waals surface area (Å²) in [6, 6.07) is 14.0. The van der Waals surface area contributed by atoms with Crippen molar-refractivity contribution in [2.24, 2.45) is 0 Å². The maximum atomic E-state index is 14.3. The molecule has 0 aliphatic carbocycles. The first-order valence-corrected chi connectivity index (χ1v) is 13.9. The van der Waals surface area contributed by atoms with Crippen molar-refractivity contribution in [3.8, 4) is 0 Å². The Labute approximate surface area is 243 Å². The van der Waals surface area contributed by atoms with Gasteiger partial charge in [-0.2, -0.15) is 0 Å². The first kappa shape index (κ1) is 33.1. The van der Waals surface area contributed by atoms with Gasteiger partial charge >= 0.3 is 12.1 Å². The molecule has 0 aliphatic heterocycles. The first-order chi connectivity index (χ1) is 19.4. The molecule has 2 rings (SSSR count). The Balaban J connectivity index is 2.50. The minimum atomic E-state index is -1.05. The van der Waals surface area contributed by atoms with Crippen LogP contribution in [0.15, 0.2) is 61.2 Å². The van der Waals surface area contributed by atoms with Crippen LogP contribution in [0.1, 0.15) is 70.7 Å². The molecule has 0 bridgehead atoms. The Morgan fingerprint density at radius 2 is 1.71 bits per heavy atom. The van der Waals surface area contributed by atoms with Crippen molar-refractivity contribution >= 4 is 30.0 Å². The van der Waals surface area contributed by atoms with E-state index < -0.39 is 47.6 Å². The summed E-state index contributed by atoms with van der Waals surface area (Å²) in [4.78, 5) is 54.2. The van der Waals surface area contributed by atoms with E-state index in [0.717, 1.165) is 11.1 Å². The summed E-state index contributed by atoms with van der Waals surface area (Å²) in [6.07, 6.45) is 1.10. The molecule has 3 amide bonds. The van der Waals surface area contributed by atoms with Gasteiger partial charge in [0.05, 0.1) is 13.0 Å². The van der Waals surface area contributed by atoms with E-state index in [9.17, 15) is 19.2 Å². The molecule has 41 heavy (non-hydrogen) atoms. The number of hydrogen-bond acceptors (Lipinski definition) is 6. The Kier molecular flexibility index (Phi) is 12.6. The number of carbonyl (C=O) groups is 4. The topological polar surface area (TPSA) is 114 Å². The van der Waals surface area contributed by atoms with Gasteiger partial charge in [-0.15, -0.1) is 0 Å². The van der Waals surface area contributed by atoms with Crippen LogP contribution in [0.5, 0.6) is 0 Å². The highest BCUT2D eigenvalue weighted by atomic mass is 16.6. The monoisotopic (exact) mass is 565 g/mol. The second-order valence-electron chi connectivity index (χ2n) is 10.9. The molecule has 0 saturated carbocycles. The van der Waals surface area contributed by atoms with E-state index >= 15 is 0 Å². The Morgan fingerprint density at radius 1 is 1.02 bits per heavy atom. The summed E-state index contributed by atoms with van der Waals surface area (Å²) in [5, 5.41) is 5.52. The van der Waals surface area contributed by atoms with Crippen molar-refractivity contribution < 1.29 is 28.7 Å². The number of nitrogens with zero attached hydrogens (tertiary/aromatic N) is 1. The molecule has 0 fully saturated rings. The highest BCUT2D eigenvalue weighted by Crippen LogP contribution is 2.27. The SMILES string of the molecule is C=Cc1cccc(C(C(=O)NCCC(=O)OCC)N(C(=O)C(Cc2ccccc2)NC(=O)OC(C)(C)C)C(C)C)c1. The van der Waals surface area contributed by atoms with Crippen molar-refractivity contribution in [1.82, 2.24) is 15.5 Å². The number of rotatable bonds is 13. The number of ether oxygens (including phenoxy) is 2. The van der Waals surface area contributed by atoms with Crippen LogP contribution in [0.3, 0.4) is 0 Å². The van der Waals surface area contributed by atoms with E-state index in [-0.39, 0.29) is 26.0 Å². The van der Waals surface area contributed by atoms with Gasteiger partial charge in [0, 0.05) is 19.0 Å². The van der Waals surface area contributed by atoms with Crippen molar-refractivity contribution in [2.45, 2.75) is 78.1 Å². The average Bonchev–Trinajstić information content (AvgIpc) is 2.90. The summed E-state index contributed by atoms with van der Waals surface area (Å²) in [7, 11) is 0. The molecular weight excluding hydrogens is 522 g/mol. The van der Waals surface area contributed by atoms with Gasteiger partial charge in [0.25, 0.3) is 0 Å². The van der Waals surface area contributed by atoms with Gasteiger partial charge in [0.1, 0.15) is 17.7 Å². The molecule has 2 unspecified atom stereocenters. The third kappa shape index (κ3) is 10.7. The molecular formula is C32H43N3O6. The summed E-state index contributed by atoms with van der Waals surface area (Å²) in [6.45, 7) is 14.6. The molecule has 2 N–H and O–H groups in total. The standard InChI is InChI=1S/C32H43N3O6/c1-8-23-16-13-17-25(20-23)28(29(37)33-19-18-27(36)40-9-2)35(22(3)4)30(38)26(21-24-14-11-10-12-15-24)34-31(39)41-32(5,6)7/h8,10-17,20,22,26,28H,1,9,18-19,21H2,2-7H3,(H,33,37)(H,34,39). The lowest BCUT2D eigenvalue weighted by molar-refractivity contribution is -0.145. The summed E-state index contributed by atoms with van der Waals surface area (Å²) in [5.41, 5.74) is 1.40. The van der Waals surface area contributed by atoms with Gasteiger partial charge in [-0.25, -0.2) is 4.79 Å². The van der Waals surface area contributed by atoms with Gasteiger partial charge in [-0.1, -0.05) is 61.2 Å². The number of hydrogen-bond donors (Lipinski definition) is 2. The molecule has 0 spiro atoms. The van der Waals surface area contributed by atoms with E-state index in [0.29, 0.717) is 5.56 Å². The fourth-order valence-corrected chi connectivity index (χ4v) is 4.27. The van der Waals surface area contributed by atoms with Crippen molar-refractivity contribution in [1.29, 1.82) is 0 Å². The van der Waals surface area contributed by atoms with Gasteiger partial charge in [0.15, 0.2) is 0 Å². The first-order valence-electron chi connectivity index (χ1n) is 13.9. The van der Waals surface area contributed by atoms with Crippen LogP contribution >= 0.6 is 0 Å². The molecule has 2 aromatic rings. The van der Waals surface area contributed by atoms with E-state index in [4.69, 9.17) is 9.47 Å². The lowest BCUT2D eigenvalue weighted by Gasteiger charge is -2.37. The van der Waals surface area contributed by atoms with Crippen LogP contribution in [0.4, 0.5) is 4.79 Å². The number of benzene rings is 2. The number of alkyl carbamates (subject to hydrolysis) is 1. The molecule has 0 saturated heterocycles. The number of carbonyl (C=O) groups excluding carboxylic acids is 4. The van der Waals surface area contributed by atoms with Crippen LogP contribution in [0.25, 0.3) is 6.08 Å². The number of nitrogens with one attached hydrogen (secondary N) is 2. The smallest absolute Gasteiger partial charge is 0.408 e. The summed E-state index contributed by atoms with van der Waals surface area (Å²) in [5.74, 6) is -1.35. The Bertz CT molecular complexity index is 1190. The molecule has 9 nitrogen and oxygen atoms in total. The second kappa shape index (κ2) is 15.6. The predicted molar refractivity (Wildman–Crippen MR) is 159 cm³/mol. The van der Waals surface area contributed by atoms with E-state index in [2.05, 4.69) is 17.2 Å². The Hall–Kier alpha value is -4.14. The number of amides is 3. The zero-order valence-electron chi connectivity index (χ0n) is 24.9. The van der Waals surface area contributed by atoms with Crippen LogP contribution in [-0.4, -0.2) is 59.6 Å². The fraction of sp³-hybridized carbons (Fsp3) is 0.438. The van der Waals surface area contributed by atoms with Crippen molar-refractivity contribution in [3.05, 3.63) is 77.9 Å². The van der Waals surface area contributed by atoms with Gasteiger partial charge in [0.2, 0.25) is 11.8 Å². The van der Waals surface area contributed by atoms with Crippen LogP contribution in [0, 0.1) is 0 Å². The molecule has 0 heterocycles. The quantitative estimate of drug-likeness (QED) is 0.337. The fourth-order valence-electron chi connectivity index (χ4n) is 4.27. The molecule has 222 valence electrons. The minimum Gasteiger partial charge on any atom is -0.466 e. The van der Waals surface area contributed by atoms with E-state index in [1.165, 1.54) is 4.90 Å². The number of esters is 1. The third-order valence-electron chi connectivity index (χ3n) is 6.00. The lowest BCUT2D eigenvalue weighted by Crippen LogP contribution is -2.55. The molecule has 0 aromatic heterocycles. The molecule has 0 radical (unpaired) electrons. The maximum absolute atomic E-state index is 14.3. The highest BCUT2D eigenvalue weighted by Gasteiger charge is 2.38. The molecule has 9 heteroatoms. The molecule has 0 aliphatic rings.